The van der Waals surface area contributed by atoms with Crippen molar-refractivity contribution in [1.82, 2.24) is 15.1 Å². The lowest BCUT2D eigenvalue weighted by molar-refractivity contribution is 0.0696. The largest absolute Gasteiger partial charge is 0.478 e. The number of hydrogen-bond acceptors (Lipinski definition) is 6. The van der Waals surface area contributed by atoms with Crippen molar-refractivity contribution in [2.75, 3.05) is 11.9 Å². The van der Waals surface area contributed by atoms with Crippen molar-refractivity contribution in [2.24, 2.45) is 0 Å². The van der Waals surface area contributed by atoms with E-state index in [2.05, 4.69) is 20.4 Å². The van der Waals surface area contributed by atoms with Gasteiger partial charge in [0.1, 0.15) is 5.82 Å². The lowest BCUT2D eigenvalue weighted by Crippen LogP contribution is -2.08. The van der Waals surface area contributed by atoms with Gasteiger partial charge in [0.2, 0.25) is 5.89 Å². The standard InChI is InChI=1S/C10H9ClN4O3/c11-7-3-6(10(16)17)4-13-9(7)12-2-1-8-14-5-15-18-8/h3-5H,1-2H2,(H,12,13)(H,16,17). The molecule has 0 saturated carbocycles. The summed E-state index contributed by atoms with van der Waals surface area (Å²) >= 11 is 5.89. The Kier molecular flexibility index (Phi) is 3.73. The average Bonchev–Trinajstić information content (AvgIpc) is 2.84. The van der Waals surface area contributed by atoms with Gasteiger partial charge in [-0.05, 0) is 6.07 Å². The first-order valence-corrected chi connectivity index (χ1v) is 5.43. The number of nitrogens with one attached hydrogen (secondary N) is 1. The van der Waals surface area contributed by atoms with Gasteiger partial charge in [0.05, 0.1) is 10.6 Å². The van der Waals surface area contributed by atoms with Gasteiger partial charge >= 0.3 is 5.97 Å². The molecule has 0 aliphatic carbocycles. The monoisotopic (exact) mass is 268 g/mol. The van der Waals surface area contributed by atoms with Crippen LogP contribution in [0.1, 0.15) is 16.2 Å². The van der Waals surface area contributed by atoms with Crippen LogP contribution in [0.25, 0.3) is 0 Å². The number of aromatic carboxylic acids is 1. The predicted octanol–water partition coefficient (Wildman–Crippen LogP) is 1.47. The Morgan fingerprint density at radius 2 is 2.33 bits per heavy atom. The van der Waals surface area contributed by atoms with Crippen molar-refractivity contribution in [3.05, 3.63) is 35.1 Å². The minimum atomic E-state index is -1.07. The first-order chi connectivity index (χ1) is 8.66. The van der Waals surface area contributed by atoms with Gasteiger partial charge in [-0.25, -0.2) is 9.78 Å². The van der Waals surface area contributed by atoms with Gasteiger partial charge < -0.3 is 14.9 Å². The molecule has 0 amide bonds. The van der Waals surface area contributed by atoms with Crippen molar-refractivity contribution >= 4 is 23.4 Å². The third-order valence-corrected chi connectivity index (χ3v) is 2.41. The molecule has 0 saturated heterocycles. The number of carbonyl (C=O) groups is 1. The summed E-state index contributed by atoms with van der Waals surface area (Å²) < 4.78 is 4.82. The minimum absolute atomic E-state index is 0.0439. The van der Waals surface area contributed by atoms with Crippen LogP contribution in [-0.4, -0.2) is 32.7 Å². The molecule has 0 aliphatic rings. The van der Waals surface area contributed by atoms with E-state index in [0.29, 0.717) is 24.7 Å². The second kappa shape index (κ2) is 5.46. The highest BCUT2D eigenvalue weighted by atomic mass is 35.5. The summed E-state index contributed by atoms with van der Waals surface area (Å²) in [5.41, 5.74) is 0.0439. The van der Waals surface area contributed by atoms with E-state index in [4.69, 9.17) is 21.2 Å². The van der Waals surface area contributed by atoms with Gasteiger partial charge in [0, 0.05) is 19.2 Å². The summed E-state index contributed by atoms with van der Waals surface area (Å²) in [7, 11) is 0. The Morgan fingerprint density at radius 3 is 2.94 bits per heavy atom. The minimum Gasteiger partial charge on any atom is -0.478 e. The SMILES string of the molecule is O=C(O)c1cnc(NCCc2ncno2)c(Cl)c1. The highest BCUT2D eigenvalue weighted by Gasteiger charge is 2.08. The Labute approximate surface area is 107 Å². The Hall–Kier alpha value is -2.15. The molecule has 0 radical (unpaired) electrons. The molecule has 2 heterocycles. The van der Waals surface area contributed by atoms with Crippen LogP contribution in [0.4, 0.5) is 5.82 Å². The van der Waals surface area contributed by atoms with E-state index < -0.39 is 5.97 Å². The summed E-state index contributed by atoms with van der Waals surface area (Å²) in [4.78, 5) is 18.5. The van der Waals surface area contributed by atoms with Crippen LogP contribution in [-0.2, 0) is 6.42 Å². The Morgan fingerprint density at radius 1 is 1.50 bits per heavy atom. The molecule has 8 heteroatoms. The van der Waals surface area contributed by atoms with E-state index >= 15 is 0 Å². The molecule has 0 unspecified atom stereocenters. The maximum absolute atomic E-state index is 10.7. The lowest BCUT2D eigenvalue weighted by Gasteiger charge is -2.06. The molecule has 0 fully saturated rings. The van der Waals surface area contributed by atoms with Crippen LogP contribution in [0.5, 0.6) is 0 Å². The fraction of sp³-hybridized carbons (Fsp3) is 0.200. The van der Waals surface area contributed by atoms with Crippen LogP contribution in [0.3, 0.4) is 0 Å². The van der Waals surface area contributed by atoms with Crippen molar-refractivity contribution in [3.63, 3.8) is 0 Å². The van der Waals surface area contributed by atoms with Crippen LogP contribution >= 0.6 is 11.6 Å². The maximum Gasteiger partial charge on any atom is 0.337 e. The number of pyridine rings is 1. The van der Waals surface area contributed by atoms with E-state index in [1.54, 1.807) is 0 Å². The van der Waals surface area contributed by atoms with Crippen LogP contribution in [0, 0.1) is 0 Å². The summed E-state index contributed by atoms with van der Waals surface area (Å²) in [6.07, 6.45) is 3.09. The zero-order valence-electron chi connectivity index (χ0n) is 9.13. The highest BCUT2D eigenvalue weighted by molar-refractivity contribution is 6.33. The smallest absolute Gasteiger partial charge is 0.337 e. The number of nitrogens with zero attached hydrogens (tertiary/aromatic N) is 3. The zero-order chi connectivity index (χ0) is 13.0. The Balaban J connectivity index is 1.95. The fourth-order valence-electron chi connectivity index (χ4n) is 1.28. The molecule has 0 atom stereocenters. The fourth-order valence-corrected chi connectivity index (χ4v) is 1.51. The van der Waals surface area contributed by atoms with Gasteiger partial charge in [0.25, 0.3) is 0 Å². The first-order valence-electron chi connectivity index (χ1n) is 5.05. The molecule has 2 rings (SSSR count). The third-order valence-electron chi connectivity index (χ3n) is 2.13. The van der Waals surface area contributed by atoms with Crippen molar-refractivity contribution in [2.45, 2.75) is 6.42 Å². The molecule has 2 aromatic rings. The van der Waals surface area contributed by atoms with Gasteiger partial charge in [-0.15, -0.1) is 0 Å². The molecular weight excluding hydrogens is 260 g/mol. The molecule has 2 aromatic heterocycles. The first kappa shape index (κ1) is 12.3. The lowest BCUT2D eigenvalue weighted by atomic mass is 10.3. The van der Waals surface area contributed by atoms with E-state index in [1.807, 2.05) is 0 Å². The molecule has 94 valence electrons. The van der Waals surface area contributed by atoms with E-state index in [1.165, 1.54) is 18.6 Å². The van der Waals surface area contributed by atoms with Crippen molar-refractivity contribution in [3.8, 4) is 0 Å². The van der Waals surface area contributed by atoms with Gasteiger partial charge in [-0.2, -0.15) is 4.98 Å². The quantitative estimate of drug-likeness (QED) is 0.846. The zero-order valence-corrected chi connectivity index (χ0v) is 9.89. The number of carboxylic acids is 1. The van der Waals surface area contributed by atoms with E-state index in [-0.39, 0.29) is 10.6 Å². The molecule has 2 N–H and O–H groups in total. The number of hydrogen-bond donors (Lipinski definition) is 2. The third kappa shape index (κ3) is 2.95. The van der Waals surface area contributed by atoms with Crippen molar-refractivity contribution in [1.29, 1.82) is 0 Å². The van der Waals surface area contributed by atoms with Gasteiger partial charge in [-0.1, -0.05) is 16.8 Å². The average molecular weight is 269 g/mol. The predicted molar refractivity (Wildman–Crippen MR) is 62.7 cm³/mol. The number of aromatic nitrogens is 3. The number of halogens is 1. The molecule has 0 aromatic carbocycles. The van der Waals surface area contributed by atoms with Crippen molar-refractivity contribution < 1.29 is 14.4 Å². The Bertz CT molecular complexity index is 544. The summed E-state index contributed by atoms with van der Waals surface area (Å²) in [6.45, 7) is 0.501. The van der Waals surface area contributed by atoms with Gasteiger partial charge in [0.15, 0.2) is 6.33 Å². The maximum atomic E-state index is 10.7. The summed E-state index contributed by atoms with van der Waals surface area (Å²) in [5.74, 6) is -0.149. The van der Waals surface area contributed by atoms with Gasteiger partial charge in [-0.3, -0.25) is 0 Å². The second-order valence-corrected chi connectivity index (χ2v) is 3.78. The number of carboxylic acid groups (broad SMARTS) is 1. The molecule has 0 bridgehead atoms. The molecule has 0 spiro atoms. The molecular formula is C10H9ClN4O3. The second-order valence-electron chi connectivity index (χ2n) is 3.37. The van der Waals surface area contributed by atoms with E-state index in [9.17, 15) is 4.79 Å². The molecule has 7 nitrogen and oxygen atoms in total. The van der Waals surface area contributed by atoms with Crippen LogP contribution in [0.15, 0.2) is 23.1 Å². The summed E-state index contributed by atoms with van der Waals surface area (Å²) in [5, 5.41) is 15.4. The van der Waals surface area contributed by atoms with Crippen LogP contribution < -0.4 is 5.32 Å². The molecule has 18 heavy (non-hydrogen) atoms. The van der Waals surface area contributed by atoms with Crippen LogP contribution in [0.2, 0.25) is 5.02 Å². The number of rotatable bonds is 5. The number of anilines is 1. The highest BCUT2D eigenvalue weighted by Crippen LogP contribution is 2.19. The van der Waals surface area contributed by atoms with E-state index in [0.717, 1.165) is 0 Å². The molecule has 0 aliphatic heterocycles. The summed E-state index contributed by atoms with van der Waals surface area (Å²) in [6, 6.07) is 1.34. The normalized spacial score (nSPS) is 10.3. The topological polar surface area (TPSA) is 101 Å².